The first-order chi connectivity index (χ1) is 17.4. The number of amides is 2. The van der Waals surface area contributed by atoms with E-state index in [9.17, 15) is 27.2 Å². The molecule has 200 valence electrons. The standard InChI is InChI=1S/C24H23ClF5N3O4/c25-16-3-1-14(9-17(16)26)36-12-20(34)32-22-5-7-23(8-6-22,18(27)10-22)33-21(35)13-37-15-2-4-19(31-11-15)24(28,29)30/h1-4,9,11,18H,5-8,10,12-13H2,(H,32,34)(H,33,35)/t18-,22?,23?/m0/s1. The molecule has 5 rings (SSSR count). The second-order valence-electron chi connectivity index (χ2n) is 9.23. The third-order valence-electron chi connectivity index (χ3n) is 6.72. The van der Waals surface area contributed by atoms with Gasteiger partial charge < -0.3 is 20.1 Å². The first kappa shape index (κ1) is 26.9. The number of halogens is 6. The highest BCUT2D eigenvalue weighted by molar-refractivity contribution is 6.30. The van der Waals surface area contributed by atoms with Crippen LogP contribution in [0.3, 0.4) is 0 Å². The number of ether oxygens (including phenoxy) is 2. The molecule has 2 amide bonds. The molecule has 2 bridgehead atoms. The maximum Gasteiger partial charge on any atom is 0.433 e. The van der Waals surface area contributed by atoms with Crippen LogP contribution < -0.4 is 20.1 Å². The van der Waals surface area contributed by atoms with Gasteiger partial charge in [-0.05, 0) is 49.9 Å². The Bertz CT molecular complexity index is 1150. The van der Waals surface area contributed by atoms with Crippen LogP contribution in [0.25, 0.3) is 0 Å². The summed E-state index contributed by atoms with van der Waals surface area (Å²) < 4.78 is 77.0. The zero-order valence-corrected chi connectivity index (χ0v) is 20.1. The molecule has 2 N–H and O–H groups in total. The van der Waals surface area contributed by atoms with E-state index in [2.05, 4.69) is 15.6 Å². The topological polar surface area (TPSA) is 89.6 Å². The molecule has 3 saturated carbocycles. The van der Waals surface area contributed by atoms with Gasteiger partial charge in [0, 0.05) is 18.0 Å². The monoisotopic (exact) mass is 547 g/mol. The van der Waals surface area contributed by atoms with Crippen LogP contribution in [0, 0.1) is 5.82 Å². The molecule has 1 atom stereocenters. The molecule has 0 saturated heterocycles. The Morgan fingerprint density at radius 1 is 1.00 bits per heavy atom. The lowest BCUT2D eigenvalue weighted by Crippen LogP contribution is -2.69. The molecule has 0 unspecified atom stereocenters. The van der Waals surface area contributed by atoms with Crippen molar-refractivity contribution in [1.82, 2.24) is 15.6 Å². The second-order valence-corrected chi connectivity index (χ2v) is 9.64. The van der Waals surface area contributed by atoms with Crippen LogP contribution in [0.2, 0.25) is 5.02 Å². The van der Waals surface area contributed by atoms with E-state index in [-0.39, 0.29) is 35.8 Å². The van der Waals surface area contributed by atoms with Crippen LogP contribution in [-0.2, 0) is 15.8 Å². The number of carbonyl (C=O) groups is 2. The fourth-order valence-electron chi connectivity index (χ4n) is 4.75. The molecule has 1 aromatic carbocycles. The molecule has 37 heavy (non-hydrogen) atoms. The smallest absolute Gasteiger partial charge is 0.433 e. The quantitative estimate of drug-likeness (QED) is 0.479. The largest absolute Gasteiger partial charge is 0.484 e. The first-order valence-corrected chi connectivity index (χ1v) is 11.8. The van der Waals surface area contributed by atoms with Crippen molar-refractivity contribution >= 4 is 23.4 Å². The van der Waals surface area contributed by atoms with Crippen LogP contribution in [0.15, 0.2) is 36.5 Å². The van der Waals surface area contributed by atoms with Crippen molar-refractivity contribution in [2.75, 3.05) is 13.2 Å². The summed E-state index contributed by atoms with van der Waals surface area (Å²) in [6.45, 7) is -0.913. The molecule has 13 heteroatoms. The molecule has 1 heterocycles. The Morgan fingerprint density at radius 3 is 2.19 bits per heavy atom. The number of aromatic nitrogens is 1. The van der Waals surface area contributed by atoms with E-state index in [0.29, 0.717) is 12.8 Å². The molecule has 2 aromatic rings. The van der Waals surface area contributed by atoms with Gasteiger partial charge in [-0.25, -0.2) is 13.8 Å². The highest BCUT2D eigenvalue weighted by Crippen LogP contribution is 2.48. The summed E-state index contributed by atoms with van der Waals surface area (Å²) in [4.78, 5) is 28.1. The van der Waals surface area contributed by atoms with Crippen molar-refractivity contribution in [3.63, 3.8) is 0 Å². The third kappa shape index (κ3) is 6.23. The normalized spacial score (nSPS) is 24.9. The molecule has 1 aromatic heterocycles. The predicted octanol–water partition coefficient (Wildman–Crippen LogP) is 4.38. The van der Waals surface area contributed by atoms with E-state index in [4.69, 9.17) is 21.1 Å². The van der Waals surface area contributed by atoms with Gasteiger partial charge >= 0.3 is 6.18 Å². The zero-order chi connectivity index (χ0) is 26.8. The number of rotatable bonds is 8. The lowest BCUT2D eigenvalue weighted by atomic mass is 9.60. The second kappa shape index (κ2) is 10.3. The van der Waals surface area contributed by atoms with E-state index in [0.717, 1.165) is 24.4 Å². The van der Waals surface area contributed by atoms with Crippen LogP contribution in [0.5, 0.6) is 11.5 Å². The summed E-state index contributed by atoms with van der Waals surface area (Å²) in [7, 11) is 0. The van der Waals surface area contributed by atoms with Crippen molar-refractivity contribution in [2.24, 2.45) is 0 Å². The molecular weight excluding hydrogens is 525 g/mol. The number of hydrogen-bond donors (Lipinski definition) is 2. The van der Waals surface area contributed by atoms with E-state index < -0.39 is 60.0 Å². The Kier molecular flexibility index (Phi) is 7.50. The van der Waals surface area contributed by atoms with Crippen molar-refractivity contribution in [1.29, 1.82) is 0 Å². The number of fused-ring (bicyclic) bond motifs is 3. The van der Waals surface area contributed by atoms with E-state index in [1.807, 2.05) is 0 Å². The van der Waals surface area contributed by atoms with Gasteiger partial charge in [0.25, 0.3) is 11.8 Å². The lowest BCUT2D eigenvalue weighted by Gasteiger charge is -2.55. The summed E-state index contributed by atoms with van der Waals surface area (Å²) in [6, 6.07) is 5.56. The van der Waals surface area contributed by atoms with Crippen molar-refractivity contribution < 1.29 is 41.0 Å². The number of carbonyl (C=O) groups excluding carboxylic acids is 2. The molecule has 0 aliphatic heterocycles. The highest BCUT2D eigenvalue weighted by Gasteiger charge is 2.56. The Labute approximate surface area is 213 Å². The van der Waals surface area contributed by atoms with Crippen LogP contribution in [0.4, 0.5) is 22.0 Å². The summed E-state index contributed by atoms with van der Waals surface area (Å²) in [5, 5.41) is 5.43. The molecule has 3 aliphatic carbocycles. The third-order valence-corrected chi connectivity index (χ3v) is 7.03. The van der Waals surface area contributed by atoms with Gasteiger partial charge in [0.05, 0.1) is 16.8 Å². The minimum Gasteiger partial charge on any atom is -0.484 e. The van der Waals surface area contributed by atoms with Crippen molar-refractivity contribution in [3.05, 3.63) is 53.1 Å². The van der Waals surface area contributed by atoms with Gasteiger partial charge in [0.2, 0.25) is 0 Å². The molecule has 0 radical (unpaired) electrons. The maximum atomic E-state index is 15.2. The summed E-state index contributed by atoms with van der Waals surface area (Å²) in [6.07, 6.45) is -3.83. The zero-order valence-electron chi connectivity index (χ0n) is 19.3. The van der Waals surface area contributed by atoms with Crippen LogP contribution >= 0.6 is 11.6 Å². The number of nitrogens with one attached hydrogen (secondary N) is 2. The summed E-state index contributed by atoms with van der Waals surface area (Å²) in [5.41, 5.74) is -3.00. The van der Waals surface area contributed by atoms with Crippen molar-refractivity contribution in [2.45, 2.75) is 55.5 Å². The van der Waals surface area contributed by atoms with E-state index >= 15 is 4.39 Å². The fourth-order valence-corrected chi connectivity index (χ4v) is 4.87. The predicted molar refractivity (Wildman–Crippen MR) is 121 cm³/mol. The van der Waals surface area contributed by atoms with E-state index in [1.165, 1.54) is 12.1 Å². The van der Waals surface area contributed by atoms with Gasteiger partial charge in [0.15, 0.2) is 13.2 Å². The summed E-state index contributed by atoms with van der Waals surface area (Å²) >= 11 is 5.62. The Balaban J connectivity index is 1.26. The van der Waals surface area contributed by atoms with Crippen LogP contribution in [-0.4, -0.2) is 47.3 Å². The highest BCUT2D eigenvalue weighted by atomic mass is 35.5. The minimum absolute atomic E-state index is 0.0156. The number of alkyl halides is 4. The van der Waals surface area contributed by atoms with Crippen LogP contribution in [0.1, 0.15) is 37.8 Å². The average molecular weight is 548 g/mol. The summed E-state index contributed by atoms with van der Waals surface area (Å²) in [5.74, 6) is -1.70. The molecular formula is C24H23ClF5N3O4. The fraction of sp³-hybridized carbons (Fsp3) is 0.458. The molecule has 3 fully saturated rings. The van der Waals surface area contributed by atoms with Gasteiger partial charge in [-0.2, -0.15) is 13.2 Å². The minimum atomic E-state index is -4.59. The van der Waals surface area contributed by atoms with E-state index in [1.54, 1.807) is 0 Å². The Morgan fingerprint density at radius 2 is 1.62 bits per heavy atom. The number of pyridine rings is 1. The number of hydrogen-bond acceptors (Lipinski definition) is 5. The first-order valence-electron chi connectivity index (χ1n) is 11.4. The number of nitrogens with zero attached hydrogens (tertiary/aromatic N) is 1. The van der Waals surface area contributed by atoms with Gasteiger partial charge in [-0.1, -0.05) is 11.6 Å². The lowest BCUT2D eigenvalue weighted by molar-refractivity contribution is -0.141. The van der Waals surface area contributed by atoms with Gasteiger partial charge in [-0.3, -0.25) is 9.59 Å². The molecule has 0 spiro atoms. The van der Waals surface area contributed by atoms with Gasteiger partial charge in [-0.15, -0.1) is 0 Å². The number of benzene rings is 1. The maximum absolute atomic E-state index is 15.2. The average Bonchev–Trinajstić information content (AvgIpc) is 2.84. The van der Waals surface area contributed by atoms with Gasteiger partial charge in [0.1, 0.15) is 29.2 Å². The van der Waals surface area contributed by atoms with Crippen molar-refractivity contribution in [3.8, 4) is 11.5 Å². The SMILES string of the molecule is O=C(COc1ccc(Cl)c(F)c1)NC12CCC(NC(=O)COc3ccc(C(F)(F)F)nc3)(CC1)[C@@H](F)C2. The molecule has 3 aliphatic rings. The Hall–Kier alpha value is -3.15. The molecule has 7 nitrogen and oxygen atoms in total.